The van der Waals surface area contributed by atoms with Crippen molar-refractivity contribution in [1.82, 2.24) is 14.9 Å². The van der Waals surface area contributed by atoms with Gasteiger partial charge in [0.05, 0.1) is 12.0 Å². The van der Waals surface area contributed by atoms with Gasteiger partial charge in [0.15, 0.2) is 11.5 Å². The van der Waals surface area contributed by atoms with E-state index in [1.165, 1.54) is 37.0 Å². The van der Waals surface area contributed by atoms with Crippen LogP contribution in [0.1, 0.15) is 59.8 Å². The molecule has 1 aliphatic rings. The molecule has 0 bridgehead atoms. The van der Waals surface area contributed by atoms with Gasteiger partial charge in [-0.1, -0.05) is 49.1 Å². The molecule has 34 heavy (non-hydrogen) atoms. The topological polar surface area (TPSA) is 60.1 Å². The first-order chi connectivity index (χ1) is 16.6. The lowest BCUT2D eigenvalue weighted by atomic mass is 9.95. The molecule has 0 radical (unpaired) electrons. The number of nitrogens with one attached hydrogen (secondary N) is 1. The van der Waals surface area contributed by atoms with Crippen LogP contribution >= 0.6 is 0 Å². The Balaban J connectivity index is 1.44. The number of benzene rings is 2. The van der Waals surface area contributed by atoms with Gasteiger partial charge in [-0.2, -0.15) is 0 Å². The molecule has 6 heteroatoms. The zero-order valence-corrected chi connectivity index (χ0v) is 19.3. The summed E-state index contributed by atoms with van der Waals surface area (Å²) in [4.78, 5) is 17.5. The predicted molar refractivity (Wildman–Crippen MR) is 130 cm³/mol. The fourth-order valence-electron chi connectivity index (χ4n) is 4.62. The molecule has 2 aromatic heterocycles. The number of amides is 1. The molecule has 1 fully saturated rings. The van der Waals surface area contributed by atoms with Crippen molar-refractivity contribution in [3.05, 3.63) is 89.7 Å². The molecule has 0 spiro atoms. The first kappa shape index (κ1) is 22.1. The average Bonchev–Trinajstić information content (AvgIpc) is 3.52. The Morgan fingerprint density at radius 1 is 1.03 bits per heavy atom. The average molecular weight is 458 g/mol. The summed E-state index contributed by atoms with van der Waals surface area (Å²) in [5.74, 6) is 0.285. The molecule has 1 aliphatic carbocycles. The van der Waals surface area contributed by atoms with Crippen molar-refractivity contribution < 1.29 is 13.6 Å². The molecular formula is C28H28FN3O2. The number of imidazole rings is 1. The number of aromatic nitrogens is 2. The van der Waals surface area contributed by atoms with Gasteiger partial charge in [0.1, 0.15) is 11.5 Å². The van der Waals surface area contributed by atoms with E-state index in [-0.39, 0.29) is 17.5 Å². The molecular weight excluding hydrogens is 429 g/mol. The van der Waals surface area contributed by atoms with Crippen molar-refractivity contribution in [3.63, 3.8) is 0 Å². The van der Waals surface area contributed by atoms with E-state index in [1.807, 2.05) is 43.6 Å². The number of hydrogen-bond donors (Lipinski definition) is 1. The van der Waals surface area contributed by atoms with Gasteiger partial charge in [0.2, 0.25) is 0 Å². The van der Waals surface area contributed by atoms with Crippen LogP contribution in [0.5, 0.6) is 0 Å². The predicted octanol–water partition coefficient (Wildman–Crippen LogP) is 6.69. The number of carbonyl (C=O) groups excluding carboxylic acids is 1. The lowest BCUT2D eigenvalue weighted by Gasteiger charge is -2.24. The molecule has 0 unspecified atom stereocenters. The smallest absolute Gasteiger partial charge is 0.287 e. The molecule has 4 aromatic rings. The number of halogens is 1. The lowest BCUT2D eigenvalue weighted by Crippen LogP contribution is -2.22. The summed E-state index contributed by atoms with van der Waals surface area (Å²) in [6.45, 7) is 2.46. The van der Waals surface area contributed by atoms with Crippen LogP contribution < -0.4 is 5.32 Å². The van der Waals surface area contributed by atoms with E-state index in [1.54, 1.807) is 18.2 Å². The first-order valence-corrected chi connectivity index (χ1v) is 11.9. The monoisotopic (exact) mass is 457 g/mol. The Bertz CT molecular complexity index is 1270. The van der Waals surface area contributed by atoms with Crippen LogP contribution in [-0.4, -0.2) is 15.5 Å². The lowest BCUT2D eigenvalue weighted by molar-refractivity contribution is 0.0924. The van der Waals surface area contributed by atoms with Crippen molar-refractivity contribution >= 4 is 5.91 Å². The Kier molecular flexibility index (Phi) is 6.30. The number of furan rings is 1. The minimum atomic E-state index is -0.289. The van der Waals surface area contributed by atoms with Crippen molar-refractivity contribution in [3.8, 4) is 22.7 Å². The van der Waals surface area contributed by atoms with E-state index >= 15 is 0 Å². The number of rotatable bonds is 6. The van der Waals surface area contributed by atoms with Gasteiger partial charge in [-0.05, 0) is 61.7 Å². The maximum atomic E-state index is 13.5. The van der Waals surface area contributed by atoms with Gasteiger partial charge in [-0.25, -0.2) is 9.37 Å². The van der Waals surface area contributed by atoms with E-state index in [4.69, 9.17) is 4.42 Å². The van der Waals surface area contributed by atoms with Gasteiger partial charge in [0, 0.05) is 18.2 Å². The van der Waals surface area contributed by atoms with Crippen LogP contribution in [0.25, 0.3) is 22.7 Å². The third-order valence-corrected chi connectivity index (χ3v) is 6.52. The third-order valence-electron chi connectivity index (χ3n) is 6.52. The molecule has 0 atom stereocenters. The standard InChI is InChI=1S/C28H28FN3O2/c1-19-7-9-20(10-8-19)17-30-28(33)25-16-15-24(34-25)27-26(21-11-13-22(29)14-12-21)31-18-32(27)23-5-3-2-4-6-23/h7-16,18,23H,2-6,17H2,1H3,(H,30,33). The van der Waals surface area contributed by atoms with Gasteiger partial charge in [-0.3, -0.25) is 4.79 Å². The second kappa shape index (κ2) is 9.67. The zero-order chi connectivity index (χ0) is 23.5. The number of hydrogen-bond acceptors (Lipinski definition) is 3. The fourth-order valence-corrected chi connectivity index (χ4v) is 4.62. The van der Waals surface area contributed by atoms with Gasteiger partial charge in [-0.15, -0.1) is 0 Å². The van der Waals surface area contributed by atoms with Crippen LogP contribution in [0.15, 0.2) is 71.4 Å². The van der Waals surface area contributed by atoms with Crippen molar-refractivity contribution in [2.24, 2.45) is 0 Å². The number of carbonyl (C=O) groups is 1. The van der Waals surface area contributed by atoms with Crippen LogP contribution in [0, 0.1) is 12.7 Å². The summed E-state index contributed by atoms with van der Waals surface area (Å²) in [5.41, 5.74) is 4.58. The summed E-state index contributed by atoms with van der Waals surface area (Å²) >= 11 is 0. The molecule has 174 valence electrons. The summed E-state index contributed by atoms with van der Waals surface area (Å²) in [6.07, 6.45) is 7.62. The minimum absolute atomic E-state index is 0.253. The molecule has 1 saturated carbocycles. The van der Waals surface area contributed by atoms with Crippen LogP contribution in [0.2, 0.25) is 0 Å². The fraction of sp³-hybridized carbons (Fsp3) is 0.286. The summed E-state index contributed by atoms with van der Waals surface area (Å²) in [6, 6.07) is 18.2. The molecule has 2 aromatic carbocycles. The highest BCUT2D eigenvalue weighted by Crippen LogP contribution is 2.38. The Morgan fingerprint density at radius 2 is 1.76 bits per heavy atom. The SMILES string of the molecule is Cc1ccc(CNC(=O)c2ccc(-c3c(-c4ccc(F)cc4)ncn3C3CCCCC3)o2)cc1. The van der Waals surface area contributed by atoms with Crippen LogP contribution in [0.4, 0.5) is 4.39 Å². The molecule has 5 rings (SSSR count). The highest BCUT2D eigenvalue weighted by molar-refractivity contribution is 5.92. The Labute approximate surface area is 198 Å². The number of aryl methyl sites for hydroxylation is 1. The maximum Gasteiger partial charge on any atom is 0.287 e. The molecule has 0 aliphatic heterocycles. The van der Waals surface area contributed by atoms with Gasteiger partial charge in [0.25, 0.3) is 5.91 Å². The largest absolute Gasteiger partial charge is 0.449 e. The highest BCUT2D eigenvalue weighted by Gasteiger charge is 2.25. The molecule has 5 nitrogen and oxygen atoms in total. The van der Waals surface area contributed by atoms with E-state index in [2.05, 4.69) is 14.9 Å². The summed E-state index contributed by atoms with van der Waals surface area (Å²) < 4.78 is 21.8. The highest BCUT2D eigenvalue weighted by atomic mass is 19.1. The second-order valence-corrected chi connectivity index (χ2v) is 8.98. The Hall–Kier alpha value is -3.67. The van der Waals surface area contributed by atoms with Gasteiger partial charge >= 0.3 is 0 Å². The molecule has 1 amide bonds. The second-order valence-electron chi connectivity index (χ2n) is 8.98. The molecule has 1 N–H and O–H groups in total. The van der Waals surface area contributed by atoms with E-state index in [9.17, 15) is 9.18 Å². The third kappa shape index (κ3) is 4.67. The van der Waals surface area contributed by atoms with Gasteiger partial charge < -0.3 is 14.3 Å². The van der Waals surface area contributed by atoms with Crippen molar-refractivity contribution in [2.45, 2.75) is 51.6 Å². The van der Waals surface area contributed by atoms with E-state index < -0.39 is 0 Å². The van der Waals surface area contributed by atoms with Crippen molar-refractivity contribution in [1.29, 1.82) is 0 Å². The molecule has 2 heterocycles. The minimum Gasteiger partial charge on any atom is -0.449 e. The molecule has 0 saturated heterocycles. The van der Waals surface area contributed by atoms with Crippen molar-refractivity contribution in [2.75, 3.05) is 0 Å². The Morgan fingerprint density at radius 3 is 2.50 bits per heavy atom. The zero-order valence-electron chi connectivity index (χ0n) is 19.3. The van der Waals surface area contributed by atoms with Crippen LogP contribution in [-0.2, 0) is 6.54 Å². The van der Waals surface area contributed by atoms with Crippen LogP contribution in [0.3, 0.4) is 0 Å². The van der Waals surface area contributed by atoms with E-state index in [0.717, 1.165) is 35.4 Å². The summed E-state index contributed by atoms with van der Waals surface area (Å²) in [5, 5.41) is 2.93. The number of nitrogens with zero attached hydrogens (tertiary/aromatic N) is 2. The maximum absolute atomic E-state index is 13.5. The summed E-state index contributed by atoms with van der Waals surface area (Å²) in [7, 11) is 0. The quantitative estimate of drug-likeness (QED) is 0.351. The normalized spacial score (nSPS) is 14.3. The first-order valence-electron chi connectivity index (χ1n) is 11.9. The van der Waals surface area contributed by atoms with E-state index in [0.29, 0.717) is 18.3 Å².